The fourth-order valence-electron chi connectivity index (χ4n) is 2.06. The van der Waals surface area contributed by atoms with Crippen LogP contribution in [0, 0.1) is 0 Å². The molecule has 0 fully saturated rings. The SMILES string of the molecule is CC(C)(C)c1ccc(-c2ccccc2)c(C(=O)O)c1. The van der Waals surface area contributed by atoms with Gasteiger partial charge in [0.15, 0.2) is 0 Å². The van der Waals surface area contributed by atoms with Crippen LogP contribution in [0.4, 0.5) is 0 Å². The standard InChI is InChI=1S/C17H18O2/c1-17(2,3)13-9-10-14(15(11-13)16(18)19)12-7-5-4-6-8-12/h4-11H,1-3H3,(H,18,19). The Labute approximate surface area is 113 Å². The van der Waals surface area contributed by atoms with Crippen molar-refractivity contribution < 1.29 is 9.90 Å². The zero-order chi connectivity index (χ0) is 14.0. The van der Waals surface area contributed by atoms with E-state index in [0.717, 1.165) is 16.7 Å². The molecular weight excluding hydrogens is 236 g/mol. The lowest BCUT2D eigenvalue weighted by molar-refractivity contribution is 0.0697. The zero-order valence-electron chi connectivity index (χ0n) is 11.5. The molecule has 0 bridgehead atoms. The molecule has 2 aromatic carbocycles. The Hall–Kier alpha value is -2.09. The maximum Gasteiger partial charge on any atom is 0.336 e. The van der Waals surface area contributed by atoms with E-state index in [1.165, 1.54) is 0 Å². The summed E-state index contributed by atoms with van der Waals surface area (Å²) in [7, 11) is 0. The van der Waals surface area contributed by atoms with E-state index in [1.54, 1.807) is 6.07 Å². The number of carbonyl (C=O) groups is 1. The third-order valence-corrected chi connectivity index (χ3v) is 3.20. The Morgan fingerprint density at radius 3 is 2.16 bits per heavy atom. The summed E-state index contributed by atoms with van der Waals surface area (Å²) >= 11 is 0. The summed E-state index contributed by atoms with van der Waals surface area (Å²) in [5.74, 6) is -0.884. The van der Waals surface area contributed by atoms with Crippen LogP contribution in [0.15, 0.2) is 48.5 Å². The minimum Gasteiger partial charge on any atom is -0.478 e. The van der Waals surface area contributed by atoms with Crippen molar-refractivity contribution in [3.05, 3.63) is 59.7 Å². The van der Waals surface area contributed by atoms with Crippen molar-refractivity contribution in [3.8, 4) is 11.1 Å². The molecule has 1 N–H and O–H groups in total. The fraction of sp³-hybridized carbons (Fsp3) is 0.235. The highest BCUT2D eigenvalue weighted by molar-refractivity contribution is 5.96. The van der Waals surface area contributed by atoms with E-state index in [1.807, 2.05) is 42.5 Å². The third kappa shape index (κ3) is 2.84. The van der Waals surface area contributed by atoms with Gasteiger partial charge in [0, 0.05) is 0 Å². The first-order valence-corrected chi connectivity index (χ1v) is 6.33. The Morgan fingerprint density at radius 1 is 1.00 bits per heavy atom. The summed E-state index contributed by atoms with van der Waals surface area (Å²) in [6.45, 7) is 6.24. The fourth-order valence-corrected chi connectivity index (χ4v) is 2.06. The van der Waals surface area contributed by atoms with Gasteiger partial charge in [0.2, 0.25) is 0 Å². The molecule has 0 aromatic heterocycles. The van der Waals surface area contributed by atoms with Gasteiger partial charge in [0.25, 0.3) is 0 Å². The first kappa shape index (κ1) is 13.3. The number of carboxylic acid groups (broad SMARTS) is 1. The molecule has 0 aliphatic heterocycles. The number of hydrogen-bond donors (Lipinski definition) is 1. The number of rotatable bonds is 2. The number of hydrogen-bond acceptors (Lipinski definition) is 1. The highest BCUT2D eigenvalue weighted by Crippen LogP contribution is 2.29. The second-order valence-electron chi connectivity index (χ2n) is 5.68. The number of aromatic carboxylic acids is 1. The van der Waals surface area contributed by atoms with Crippen LogP contribution in [0.25, 0.3) is 11.1 Å². The highest BCUT2D eigenvalue weighted by Gasteiger charge is 2.18. The predicted octanol–water partition coefficient (Wildman–Crippen LogP) is 4.35. The van der Waals surface area contributed by atoms with Gasteiger partial charge < -0.3 is 5.11 Å². The molecule has 2 nitrogen and oxygen atoms in total. The van der Waals surface area contributed by atoms with Gasteiger partial charge in [-0.2, -0.15) is 0 Å². The highest BCUT2D eigenvalue weighted by atomic mass is 16.4. The Morgan fingerprint density at radius 2 is 1.63 bits per heavy atom. The van der Waals surface area contributed by atoms with Gasteiger partial charge in [-0.25, -0.2) is 4.79 Å². The Balaban J connectivity index is 2.61. The minimum absolute atomic E-state index is 0.0561. The first-order chi connectivity index (χ1) is 8.89. The maximum absolute atomic E-state index is 11.5. The molecule has 98 valence electrons. The van der Waals surface area contributed by atoms with Crippen molar-refractivity contribution in [2.45, 2.75) is 26.2 Å². The molecule has 0 aliphatic carbocycles. The Bertz CT molecular complexity index is 592. The molecule has 0 heterocycles. The molecule has 2 heteroatoms. The van der Waals surface area contributed by atoms with Crippen molar-refractivity contribution in [1.29, 1.82) is 0 Å². The van der Waals surface area contributed by atoms with Crippen molar-refractivity contribution in [2.24, 2.45) is 0 Å². The summed E-state index contributed by atoms with van der Waals surface area (Å²) in [6.07, 6.45) is 0. The second-order valence-corrected chi connectivity index (χ2v) is 5.68. The van der Waals surface area contributed by atoms with Crippen molar-refractivity contribution in [3.63, 3.8) is 0 Å². The topological polar surface area (TPSA) is 37.3 Å². The molecule has 0 atom stereocenters. The molecule has 19 heavy (non-hydrogen) atoms. The molecule has 2 rings (SSSR count). The van der Waals surface area contributed by atoms with E-state index >= 15 is 0 Å². The summed E-state index contributed by atoms with van der Waals surface area (Å²) in [5, 5.41) is 9.42. The largest absolute Gasteiger partial charge is 0.478 e. The molecule has 0 spiro atoms. The average Bonchev–Trinajstić information content (AvgIpc) is 2.38. The molecule has 2 aromatic rings. The second kappa shape index (κ2) is 4.88. The van der Waals surface area contributed by atoms with Gasteiger partial charge in [0.05, 0.1) is 5.56 Å². The van der Waals surface area contributed by atoms with Crippen LogP contribution in [0.5, 0.6) is 0 Å². The van der Waals surface area contributed by atoms with Crippen molar-refractivity contribution in [1.82, 2.24) is 0 Å². The molecular formula is C17H18O2. The minimum atomic E-state index is -0.884. The smallest absolute Gasteiger partial charge is 0.336 e. The third-order valence-electron chi connectivity index (χ3n) is 3.20. The summed E-state index contributed by atoms with van der Waals surface area (Å²) in [4.78, 5) is 11.5. The van der Waals surface area contributed by atoms with E-state index in [2.05, 4.69) is 20.8 Å². The van der Waals surface area contributed by atoms with Crippen LogP contribution >= 0.6 is 0 Å². The van der Waals surface area contributed by atoms with Gasteiger partial charge >= 0.3 is 5.97 Å². The maximum atomic E-state index is 11.5. The lowest BCUT2D eigenvalue weighted by atomic mass is 9.84. The van der Waals surface area contributed by atoms with Crippen LogP contribution in [0.2, 0.25) is 0 Å². The molecule has 0 radical (unpaired) electrons. The summed E-state index contributed by atoms with van der Waals surface area (Å²) in [5.41, 5.74) is 3.03. The van der Waals surface area contributed by atoms with E-state index in [0.29, 0.717) is 5.56 Å². The van der Waals surface area contributed by atoms with Crippen molar-refractivity contribution >= 4 is 5.97 Å². The number of benzene rings is 2. The monoisotopic (exact) mass is 254 g/mol. The van der Waals surface area contributed by atoms with Crippen LogP contribution < -0.4 is 0 Å². The van der Waals surface area contributed by atoms with Crippen LogP contribution in [-0.2, 0) is 5.41 Å². The molecule has 0 amide bonds. The van der Waals surface area contributed by atoms with Gasteiger partial charge in [-0.1, -0.05) is 63.2 Å². The quantitative estimate of drug-likeness (QED) is 0.865. The van der Waals surface area contributed by atoms with E-state index in [4.69, 9.17) is 0 Å². The molecule has 0 unspecified atom stereocenters. The Kier molecular flexibility index (Phi) is 3.43. The summed E-state index contributed by atoms with van der Waals surface area (Å²) in [6, 6.07) is 15.3. The normalized spacial score (nSPS) is 11.3. The predicted molar refractivity (Wildman–Crippen MR) is 77.5 cm³/mol. The van der Waals surface area contributed by atoms with Gasteiger partial charge in [-0.15, -0.1) is 0 Å². The van der Waals surface area contributed by atoms with E-state index < -0.39 is 5.97 Å². The average molecular weight is 254 g/mol. The zero-order valence-corrected chi connectivity index (χ0v) is 11.5. The van der Waals surface area contributed by atoms with Gasteiger partial charge in [0.1, 0.15) is 0 Å². The van der Waals surface area contributed by atoms with Crippen molar-refractivity contribution in [2.75, 3.05) is 0 Å². The van der Waals surface area contributed by atoms with Gasteiger partial charge in [-0.3, -0.25) is 0 Å². The lowest BCUT2D eigenvalue weighted by Crippen LogP contribution is -2.13. The number of carboxylic acids is 1. The first-order valence-electron chi connectivity index (χ1n) is 6.33. The molecule has 0 aliphatic rings. The van der Waals surface area contributed by atoms with Crippen LogP contribution in [0.3, 0.4) is 0 Å². The molecule has 0 saturated carbocycles. The van der Waals surface area contributed by atoms with E-state index in [9.17, 15) is 9.90 Å². The van der Waals surface area contributed by atoms with Crippen LogP contribution in [-0.4, -0.2) is 11.1 Å². The summed E-state index contributed by atoms with van der Waals surface area (Å²) < 4.78 is 0. The van der Waals surface area contributed by atoms with Gasteiger partial charge in [-0.05, 0) is 28.2 Å². The molecule has 0 saturated heterocycles. The van der Waals surface area contributed by atoms with Crippen LogP contribution in [0.1, 0.15) is 36.7 Å². The van der Waals surface area contributed by atoms with E-state index in [-0.39, 0.29) is 5.41 Å². The lowest BCUT2D eigenvalue weighted by Gasteiger charge is -2.20.